The van der Waals surface area contributed by atoms with E-state index in [1.807, 2.05) is 0 Å². The van der Waals surface area contributed by atoms with Gasteiger partial charge in [0, 0.05) is 60.6 Å². The number of para-hydroxylation sites is 8. The molecule has 5 heteroatoms. The summed E-state index contributed by atoms with van der Waals surface area (Å²) in [4.78, 5) is 5.37. The van der Waals surface area contributed by atoms with E-state index in [0.29, 0.717) is 0 Å². The third kappa shape index (κ3) is 5.44. The van der Waals surface area contributed by atoms with Gasteiger partial charge in [-0.25, -0.2) is 4.98 Å². The number of benzene rings is 10. The van der Waals surface area contributed by atoms with Gasteiger partial charge in [-0.05, 0) is 102 Å². The van der Waals surface area contributed by atoms with E-state index in [0.717, 1.165) is 56.3 Å². The lowest BCUT2D eigenvalue weighted by molar-refractivity contribution is 1.10. The smallest absolute Gasteiger partial charge is 0.145 e. The van der Waals surface area contributed by atoms with Gasteiger partial charge in [-0.15, -0.1) is 0 Å². The van der Waals surface area contributed by atoms with Gasteiger partial charge in [0.05, 0.1) is 44.1 Å². The van der Waals surface area contributed by atoms with Gasteiger partial charge in [0.15, 0.2) is 0 Å². The molecule has 14 rings (SSSR count). The number of imidazole rings is 1. The van der Waals surface area contributed by atoms with E-state index < -0.39 is 0 Å². The second-order valence-corrected chi connectivity index (χ2v) is 17.2. The SMILES string of the molecule is c1cc(-c2cc(-n3c4ccccc4c4ccccc43)cc(-n3c4ccccc4c4ccccc43)c2)cc(-n2c(-c3cccc(-n4c5ccccc5c5ccccc54)c3)nc3ccccc32)c1. The van der Waals surface area contributed by atoms with E-state index in [4.69, 9.17) is 4.98 Å². The Balaban J connectivity index is 0.989. The van der Waals surface area contributed by atoms with Gasteiger partial charge < -0.3 is 13.7 Å². The Labute approximate surface area is 379 Å². The van der Waals surface area contributed by atoms with Crippen LogP contribution in [-0.4, -0.2) is 23.3 Å². The number of nitrogens with zero attached hydrogens (tertiary/aromatic N) is 5. The summed E-state index contributed by atoms with van der Waals surface area (Å²) < 4.78 is 9.57. The highest BCUT2D eigenvalue weighted by atomic mass is 15.1. The van der Waals surface area contributed by atoms with Crippen LogP contribution in [0.2, 0.25) is 0 Å². The highest BCUT2D eigenvalue weighted by Gasteiger charge is 2.20. The summed E-state index contributed by atoms with van der Waals surface area (Å²) in [7, 11) is 0. The van der Waals surface area contributed by atoms with E-state index in [-0.39, 0.29) is 0 Å². The molecule has 0 atom stereocenters. The molecule has 0 N–H and O–H groups in total. The Morgan fingerprint density at radius 1 is 0.227 bits per heavy atom. The van der Waals surface area contributed by atoms with Crippen molar-refractivity contribution < 1.29 is 0 Å². The van der Waals surface area contributed by atoms with Gasteiger partial charge in [-0.2, -0.15) is 0 Å². The molecule has 10 aromatic carbocycles. The molecule has 0 aliphatic rings. The molecular formula is C61H39N5. The van der Waals surface area contributed by atoms with E-state index >= 15 is 0 Å². The molecule has 5 nitrogen and oxygen atoms in total. The van der Waals surface area contributed by atoms with Gasteiger partial charge in [0.25, 0.3) is 0 Å². The van der Waals surface area contributed by atoms with Crippen LogP contribution < -0.4 is 0 Å². The highest BCUT2D eigenvalue weighted by molar-refractivity contribution is 6.11. The zero-order valence-electron chi connectivity index (χ0n) is 35.8. The predicted molar refractivity (Wildman–Crippen MR) is 275 cm³/mol. The number of fused-ring (bicyclic) bond motifs is 10. The third-order valence-electron chi connectivity index (χ3n) is 13.5. The summed E-state index contributed by atoms with van der Waals surface area (Å²) in [6.07, 6.45) is 0. The van der Waals surface area contributed by atoms with Crippen LogP contribution in [0.25, 0.3) is 122 Å². The van der Waals surface area contributed by atoms with E-state index in [1.54, 1.807) is 0 Å². The quantitative estimate of drug-likeness (QED) is 0.164. The summed E-state index contributed by atoms with van der Waals surface area (Å²) in [5.41, 5.74) is 16.7. The molecule has 0 fully saturated rings. The van der Waals surface area contributed by atoms with Gasteiger partial charge in [0.1, 0.15) is 5.82 Å². The number of hydrogen-bond acceptors (Lipinski definition) is 1. The summed E-state index contributed by atoms with van der Waals surface area (Å²) in [6.45, 7) is 0. The second-order valence-electron chi connectivity index (χ2n) is 17.2. The molecule has 308 valence electrons. The van der Waals surface area contributed by atoms with Crippen molar-refractivity contribution in [3.05, 3.63) is 237 Å². The summed E-state index contributed by atoms with van der Waals surface area (Å²) >= 11 is 0. The molecule has 4 aromatic heterocycles. The van der Waals surface area contributed by atoms with Crippen molar-refractivity contribution in [2.24, 2.45) is 0 Å². The lowest BCUT2D eigenvalue weighted by Crippen LogP contribution is -2.01. The largest absolute Gasteiger partial charge is 0.309 e. The number of rotatable bonds is 6. The molecular weight excluding hydrogens is 803 g/mol. The van der Waals surface area contributed by atoms with Crippen molar-refractivity contribution in [3.8, 4) is 45.3 Å². The molecule has 0 bridgehead atoms. The third-order valence-corrected chi connectivity index (χ3v) is 13.5. The fourth-order valence-electron chi connectivity index (χ4n) is 10.7. The summed E-state index contributed by atoms with van der Waals surface area (Å²) in [6, 6.07) is 85.7. The molecule has 0 spiro atoms. The van der Waals surface area contributed by atoms with E-state index in [2.05, 4.69) is 255 Å². The van der Waals surface area contributed by atoms with Crippen molar-refractivity contribution >= 4 is 76.5 Å². The maximum absolute atomic E-state index is 5.37. The Morgan fingerprint density at radius 3 is 1.02 bits per heavy atom. The van der Waals surface area contributed by atoms with Crippen LogP contribution in [-0.2, 0) is 0 Å². The molecule has 0 aliphatic carbocycles. The molecule has 0 saturated heterocycles. The fourth-order valence-corrected chi connectivity index (χ4v) is 10.7. The van der Waals surface area contributed by atoms with Crippen molar-refractivity contribution in [1.82, 2.24) is 23.3 Å². The summed E-state index contributed by atoms with van der Waals surface area (Å²) in [5.74, 6) is 0.890. The topological polar surface area (TPSA) is 32.6 Å². The molecule has 0 amide bonds. The predicted octanol–water partition coefficient (Wildman–Crippen LogP) is 15.7. The number of hydrogen-bond donors (Lipinski definition) is 0. The lowest BCUT2D eigenvalue weighted by Gasteiger charge is -2.17. The lowest BCUT2D eigenvalue weighted by atomic mass is 10.0. The van der Waals surface area contributed by atoms with Gasteiger partial charge in [-0.3, -0.25) is 4.57 Å². The highest BCUT2D eigenvalue weighted by Crippen LogP contribution is 2.40. The maximum atomic E-state index is 5.37. The average molecular weight is 842 g/mol. The van der Waals surface area contributed by atoms with Crippen LogP contribution in [0.3, 0.4) is 0 Å². The van der Waals surface area contributed by atoms with Crippen molar-refractivity contribution in [3.63, 3.8) is 0 Å². The summed E-state index contributed by atoms with van der Waals surface area (Å²) in [5, 5.41) is 7.43. The fraction of sp³-hybridized carbons (Fsp3) is 0. The maximum Gasteiger partial charge on any atom is 0.145 e. The van der Waals surface area contributed by atoms with Crippen molar-refractivity contribution in [2.75, 3.05) is 0 Å². The number of aromatic nitrogens is 5. The van der Waals surface area contributed by atoms with E-state index in [1.165, 1.54) is 65.4 Å². The zero-order chi connectivity index (χ0) is 43.3. The normalized spacial score (nSPS) is 11.9. The average Bonchev–Trinajstić information content (AvgIpc) is 4.13. The first-order chi connectivity index (χ1) is 32.7. The van der Waals surface area contributed by atoms with Gasteiger partial charge in [-0.1, -0.05) is 146 Å². The monoisotopic (exact) mass is 841 g/mol. The van der Waals surface area contributed by atoms with Crippen LogP contribution in [0.15, 0.2) is 237 Å². The van der Waals surface area contributed by atoms with Crippen LogP contribution in [0.1, 0.15) is 0 Å². The Kier molecular flexibility index (Phi) is 7.91. The molecule has 0 unspecified atom stereocenters. The van der Waals surface area contributed by atoms with Crippen molar-refractivity contribution in [2.45, 2.75) is 0 Å². The standard InChI is InChI=1S/C61H39N5/c1-8-28-54-47(21-1)48-22-2-9-29-55(48)63(54)43-19-16-18-41(36-43)61-62-53-27-7-14-34-60(53)66(61)44-20-15-17-40(35-44)42-37-45(64-56-30-10-3-23-49(56)50-24-4-11-31-57(50)64)39-46(38-42)65-58-32-12-5-25-51(58)52-26-6-13-33-59(52)65/h1-39H. The minimum atomic E-state index is 0.890. The molecule has 0 saturated carbocycles. The van der Waals surface area contributed by atoms with Gasteiger partial charge in [0.2, 0.25) is 0 Å². The molecule has 14 aromatic rings. The molecule has 66 heavy (non-hydrogen) atoms. The molecule has 0 aliphatic heterocycles. The van der Waals surface area contributed by atoms with Gasteiger partial charge >= 0.3 is 0 Å². The van der Waals surface area contributed by atoms with Crippen LogP contribution >= 0.6 is 0 Å². The van der Waals surface area contributed by atoms with Crippen LogP contribution in [0.4, 0.5) is 0 Å². The first-order valence-electron chi connectivity index (χ1n) is 22.5. The first kappa shape index (κ1) is 36.5. The minimum absolute atomic E-state index is 0.890. The minimum Gasteiger partial charge on any atom is -0.309 e. The van der Waals surface area contributed by atoms with E-state index in [9.17, 15) is 0 Å². The van der Waals surface area contributed by atoms with Crippen LogP contribution in [0, 0.1) is 0 Å². The first-order valence-corrected chi connectivity index (χ1v) is 22.5. The van der Waals surface area contributed by atoms with Crippen LogP contribution in [0.5, 0.6) is 0 Å². The Bertz CT molecular complexity index is 3960. The Hall–Kier alpha value is -8.93. The molecule has 0 radical (unpaired) electrons. The Morgan fingerprint density at radius 2 is 0.561 bits per heavy atom. The zero-order valence-corrected chi connectivity index (χ0v) is 35.8. The second kappa shape index (κ2) is 14.3. The molecule has 4 heterocycles. The van der Waals surface area contributed by atoms with Crippen molar-refractivity contribution in [1.29, 1.82) is 0 Å².